The van der Waals surface area contributed by atoms with Crippen molar-refractivity contribution in [1.82, 2.24) is 24.5 Å². The van der Waals surface area contributed by atoms with Crippen molar-refractivity contribution >= 4 is 11.3 Å². The molecule has 1 aliphatic heterocycles. The number of aromatic amines is 1. The number of hydrogen-bond donors (Lipinski definition) is 2. The summed E-state index contributed by atoms with van der Waals surface area (Å²) >= 11 is 0. The van der Waals surface area contributed by atoms with Crippen LogP contribution in [0.4, 0.5) is 5.69 Å². The van der Waals surface area contributed by atoms with Crippen molar-refractivity contribution in [3.63, 3.8) is 0 Å². The lowest BCUT2D eigenvalue weighted by molar-refractivity contribution is 0.0551. The summed E-state index contributed by atoms with van der Waals surface area (Å²) in [5.74, 6) is 0. The maximum atomic E-state index is 5.45. The van der Waals surface area contributed by atoms with Gasteiger partial charge in [0.05, 0.1) is 30.3 Å². The predicted octanol–water partition coefficient (Wildman–Crippen LogP) is 3.30. The molecule has 7 nitrogen and oxygen atoms in total. The van der Waals surface area contributed by atoms with Crippen LogP contribution in [0.2, 0.25) is 0 Å². The molecule has 5 rings (SSSR count). The Morgan fingerprint density at radius 2 is 2.07 bits per heavy atom. The first-order valence-corrected chi connectivity index (χ1v) is 10.2. The molecule has 1 saturated heterocycles. The van der Waals surface area contributed by atoms with E-state index in [0.717, 1.165) is 66.7 Å². The quantitative estimate of drug-likeness (QED) is 0.715. The average Bonchev–Trinajstić information content (AvgIpc) is 3.37. The number of anilines is 1. The monoisotopic (exact) mass is 390 g/mol. The summed E-state index contributed by atoms with van der Waals surface area (Å²) in [5.41, 5.74) is 7.56. The van der Waals surface area contributed by atoms with E-state index in [9.17, 15) is 0 Å². The fourth-order valence-corrected chi connectivity index (χ4v) is 4.23. The molecule has 0 bridgehead atoms. The van der Waals surface area contributed by atoms with Crippen molar-refractivity contribution in [2.75, 3.05) is 31.6 Å². The van der Waals surface area contributed by atoms with E-state index in [1.54, 1.807) is 0 Å². The summed E-state index contributed by atoms with van der Waals surface area (Å²) in [4.78, 5) is 7.01. The Morgan fingerprint density at radius 1 is 1.21 bits per heavy atom. The lowest BCUT2D eigenvalue weighted by Gasteiger charge is -2.31. The minimum atomic E-state index is 0.253. The lowest BCUT2D eigenvalue weighted by Crippen LogP contribution is -2.36. The molecule has 0 amide bonds. The minimum absolute atomic E-state index is 0.253. The van der Waals surface area contributed by atoms with Crippen molar-refractivity contribution in [3.05, 3.63) is 59.8 Å². The molecule has 1 unspecified atom stereocenters. The molecule has 0 radical (unpaired) electrons. The number of allylic oxidation sites excluding steroid dienone is 1. The van der Waals surface area contributed by atoms with Gasteiger partial charge in [-0.2, -0.15) is 5.10 Å². The van der Waals surface area contributed by atoms with Crippen molar-refractivity contribution in [2.45, 2.75) is 26.3 Å². The van der Waals surface area contributed by atoms with Gasteiger partial charge in [0.15, 0.2) is 5.65 Å². The van der Waals surface area contributed by atoms with Crippen molar-refractivity contribution < 1.29 is 4.74 Å². The van der Waals surface area contributed by atoms with E-state index in [4.69, 9.17) is 4.74 Å². The molecule has 3 aromatic rings. The smallest absolute Gasteiger partial charge is 0.160 e. The van der Waals surface area contributed by atoms with Gasteiger partial charge in [0.25, 0.3) is 0 Å². The molecular weight excluding hydrogens is 364 g/mol. The SMILES string of the molecule is Cc1n[nH]c(C)c1-c1ccc(NC2C=CC(N3CCOCC3)=CC2)c2nccn12. The topological polar surface area (TPSA) is 70.5 Å². The highest BCUT2D eigenvalue weighted by Crippen LogP contribution is 2.30. The molecular formula is C22H26N6O. The summed E-state index contributed by atoms with van der Waals surface area (Å²) in [6.45, 7) is 7.64. The molecule has 150 valence electrons. The van der Waals surface area contributed by atoms with Gasteiger partial charge >= 0.3 is 0 Å². The van der Waals surface area contributed by atoms with Crippen LogP contribution in [0, 0.1) is 13.8 Å². The molecule has 0 saturated carbocycles. The third-order valence-corrected chi connectivity index (χ3v) is 5.73. The second-order valence-electron chi connectivity index (χ2n) is 7.64. The molecule has 4 heterocycles. The fourth-order valence-electron chi connectivity index (χ4n) is 4.23. The van der Waals surface area contributed by atoms with Crippen molar-refractivity contribution in [2.24, 2.45) is 0 Å². The van der Waals surface area contributed by atoms with Gasteiger partial charge < -0.3 is 15.0 Å². The number of aryl methyl sites for hydroxylation is 2. The number of aromatic nitrogens is 4. The first-order valence-electron chi connectivity index (χ1n) is 10.2. The number of imidazole rings is 1. The average molecular weight is 390 g/mol. The summed E-state index contributed by atoms with van der Waals surface area (Å²) in [7, 11) is 0. The van der Waals surface area contributed by atoms with Crippen LogP contribution in [0.25, 0.3) is 16.9 Å². The van der Waals surface area contributed by atoms with Crippen LogP contribution in [0.15, 0.2) is 48.5 Å². The summed E-state index contributed by atoms with van der Waals surface area (Å²) < 4.78 is 7.59. The minimum Gasteiger partial charge on any atom is -0.378 e. The van der Waals surface area contributed by atoms with Crippen molar-refractivity contribution in [3.8, 4) is 11.3 Å². The second kappa shape index (κ2) is 7.40. The number of morpholine rings is 1. The maximum Gasteiger partial charge on any atom is 0.160 e. The summed E-state index contributed by atoms with van der Waals surface area (Å²) in [6.07, 6.45) is 11.6. The normalized spacial score (nSPS) is 19.6. The van der Waals surface area contributed by atoms with Gasteiger partial charge in [-0.1, -0.05) is 12.2 Å². The maximum absolute atomic E-state index is 5.45. The highest BCUT2D eigenvalue weighted by molar-refractivity contribution is 5.76. The van der Waals surface area contributed by atoms with E-state index in [0.29, 0.717) is 0 Å². The van der Waals surface area contributed by atoms with Gasteiger partial charge in [0, 0.05) is 48.5 Å². The van der Waals surface area contributed by atoms with Gasteiger partial charge in [-0.05, 0) is 38.5 Å². The number of hydrogen-bond acceptors (Lipinski definition) is 5. The third kappa shape index (κ3) is 3.31. The molecule has 1 atom stereocenters. The third-order valence-electron chi connectivity index (χ3n) is 5.73. The molecule has 29 heavy (non-hydrogen) atoms. The number of nitrogens with zero attached hydrogens (tertiary/aromatic N) is 4. The number of rotatable bonds is 4. The molecule has 2 aliphatic rings. The Bertz CT molecular complexity index is 1070. The Hall–Kier alpha value is -3.06. The van der Waals surface area contributed by atoms with E-state index in [1.807, 2.05) is 19.3 Å². The standard InChI is InChI=1S/C22H26N6O/c1-15-21(16(2)26-25-15)20-8-7-19(22-23-9-10-28(20)22)24-17-3-5-18(6-4-17)27-11-13-29-14-12-27/h3,5-10,17,24H,4,11-14H2,1-2H3,(H,25,26). The number of ether oxygens (including phenoxy) is 1. The Labute approximate surface area is 170 Å². The van der Waals surface area contributed by atoms with Crippen LogP contribution >= 0.6 is 0 Å². The summed E-state index contributed by atoms with van der Waals surface area (Å²) in [6, 6.07) is 4.52. The fraction of sp³-hybridized carbons (Fsp3) is 0.364. The molecule has 1 fully saturated rings. The van der Waals surface area contributed by atoms with E-state index in [-0.39, 0.29) is 6.04 Å². The van der Waals surface area contributed by atoms with Gasteiger partial charge in [-0.3, -0.25) is 9.50 Å². The Kier molecular flexibility index (Phi) is 4.60. The zero-order valence-electron chi connectivity index (χ0n) is 16.9. The summed E-state index contributed by atoms with van der Waals surface area (Å²) in [5, 5.41) is 11.1. The van der Waals surface area contributed by atoms with E-state index < -0.39 is 0 Å². The van der Waals surface area contributed by atoms with Crippen molar-refractivity contribution in [1.29, 1.82) is 0 Å². The van der Waals surface area contributed by atoms with Crippen LogP contribution in [-0.4, -0.2) is 56.8 Å². The first kappa shape index (κ1) is 18.0. The zero-order chi connectivity index (χ0) is 19.8. The molecule has 7 heteroatoms. The van der Waals surface area contributed by atoms with Gasteiger partial charge in [0.2, 0.25) is 0 Å². The van der Waals surface area contributed by atoms with Gasteiger partial charge in [-0.15, -0.1) is 0 Å². The molecule has 0 aromatic carbocycles. The number of fused-ring (bicyclic) bond motifs is 1. The first-order chi connectivity index (χ1) is 14.2. The van der Waals surface area contributed by atoms with E-state index in [1.165, 1.54) is 5.70 Å². The van der Waals surface area contributed by atoms with E-state index >= 15 is 0 Å². The zero-order valence-corrected chi connectivity index (χ0v) is 16.9. The highest BCUT2D eigenvalue weighted by Gasteiger charge is 2.18. The second-order valence-corrected chi connectivity index (χ2v) is 7.64. The highest BCUT2D eigenvalue weighted by atomic mass is 16.5. The lowest BCUT2D eigenvalue weighted by atomic mass is 10.1. The number of pyridine rings is 1. The molecule has 0 spiro atoms. The molecule has 2 N–H and O–H groups in total. The number of nitrogens with one attached hydrogen (secondary N) is 2. The van der Waals surface area contributed by atoms with Crippen LogP contribution in [0.5, 0.6) is 0 Å². The largest absolute Gasteiger partial charge is 0.378 e. The number of H-pyrrole nitrogens is 1. The predicted molar refractivity (Wildman–Crippen MR) is 114 cm³/mol. The Balaban J connectivity index is 1.37. The van der Waals surface area contributed by atoms with Crippen LogP contribution in [-0.2, 0) is 4.74 Å². The molecule has 3 aromatic heterocycles. The molecule has 1 aliphatic carbocycles. The van der Waals surface area contributed by atoms with Crippen LogP contribution < -0.4 is 5.32 Å². The van der Waals surface area contributed by atoms with Gasteiger partial charge in [-0.25, -0.2) is 4.98 Å². The Morgan fingerprint density at radius 3 is 2.79 bits per heavy atom. The van der Waals surface area contributed by atoms with Gasteiger partial charge in [0.1, 0.15) is 0 Å². The van der Waals surface area contributed by atoms with E-state index in [2.05, 4.69) is 67.1 Å². The van der Waals surface area contributed by atoms with Crippen LogP contribution in [0.1, 0.15) is 17.8 Å². The van der Waals surface area contributed by atoms with Crippen LogP contribution in [0.3, 0.4) is 0 Å².